The molecule has 0 spiro atoms. The molecule has 1 aromatic heterocycles. The second-order valence-electron chi connectivity index (χ2n) is 4.65. The summed E-state index contributed by atoms with van der Waals surface area (Å²) in [4.78, 5) is 4.30. The van der Waals surface area contributed by atoms with E-state index in [1.54, 1.807) is 12.1 Å². The lowest BCUT2D eigenvalue weighted by Gasteiger charge is -2.11. The van der Waals surface area contributed by atoms with Crippen LogP contribution in [-0.4, -0.2) is 28.6 Å². The lowest BCUT2D eigenvalue weighted by atomic mass is 10.3. The number of aliphatic hydroxyl groups is 1. The van der Waals surface area contributed by atoms with E-state index in [1.165, 1.54) is 23.9 Å². The first-order valence-electron chi connectivity index (χ1n) is 6.76. The number of para-hydroxylation sites is 3. The molecule has 0 unspecified atom stereocenters. The number of thioether (sulfide) groups is 1. The van der Waals surface area contributed by atoms with Crippen LogP contribution in [0.1, 0.15) is 0 Å². The lowest BCUT2D eigenvalue weighted by molar-refractivity contribution is 0.123. The van der Waals surface area contributed by atoms with Gasteiger partial charge in [0.05, 0.1) is 6.10 Å². The first-order chi connectivity index (χ1) is 10.7. The molecule has 0 aliphatic heterocycles. The van der Waals surface area contributed by atoms with Crippen molar-refractivity contribution in [2.24, 2.45) is 0 Å². The monoisotopic (exact) mass is 319 g/mol. The quantitative estimate of drug-likeness (QED) is 0.705. The maximum atomic E-state index is 13.4. The second kappa shape index (κ2) is 6.81. The van der Waals surface area contributed by atoms with Crippen molar-refractivity contribution >= 4 is 22.9 Å². The number of oxazole rings is 1. The normalized spacial score (nSPS) is 12.5. The zero-order valence-electron chi connectivity index (χ0n) is 11.6. The van der Waals surface area contributed by atoms with Crippen LogP contribution in [-0.2, 0) is 0 Å². The number of ether oxygens (including phenoxy) is 1. The smallest absolute Gasteiger partial charge is 0.256 e. The van der Waals surface area contributed by atoms with E-state index in [0.717, 1.165) is 5.52 Å². The molecule has 0 amide bonds. The Bertz CT molecular complexity index is 729. The van der Waals surface area contributed by atoms with E-state index in [1.807, 2.05) is 24.3 Å². The maximum absolute atomic E-state index is 13.4. The molecule has 0 fully saturated rings. The second-order valence-corrected chi connectivity index (χ2v) is 5.63. The molecule has 1 heterocycles. The number of nitrogens with zero attached hydrogens (tertiary/aromatic N) is 1. The minimum Gasteiger partial charge on any atom is -0.488 e. The summed E-state index contributed by atoms with van der Waals surface area (Å²) in [6.07, 6.45) is -0.750. The summed E-state index contributed by atoms with van der Waals surface area (Å²) in [5.74, 6) is 0.0380. The van der Waals surface area contributed by atoms with E-state index in [2.05, 4.69) is 4.98 Å². The first kappa shape index (κ1) is 14.9. The molecule has 6 heteroatoms. The molecule has 0 saturated carbocycles. The third-order valence-corrected chi connectivity index (χ3v) is 3.91. The number of hydrogen-bond acceptors (Lipinski definition) is 5. The SMILES string of the molecule is O[C@@H](COc1ccccc1F)CSc1nc2ccccc2o1. The summed E-state index contributed by atoms with van der Waals surface area (Å²) in [7, 11) is 0. The largest absolute Gasteiger partial charge is 0.488 e. The van der Waals surface area contributed by atoms with Crippen LogP contribution in [0.3, 0.4) is 0 Å². The molecule has 0 bridgehead atoms. The van der Waals surface area contributed by atoms with Crippen molar-refractivity contribution in [1.29, 1.82) is 0 Å². The van der Waals surface area contributed by atoms with E-state index in [9.17, 15) is 9.50 Å². The van der Waals surface area contributed by atoms with E-state index >= 15 is 0 Å². The molecule has 22 heavy (non-hydrogen) atoms. The Hall–Kier alpha value is -2.05. The highest BCUT2D eigenvalue weighted by Crippen LogP contribution is 2.24. The van der Waals surface area contributed by atoms with Crippen LogP contribution in [0.15, 0.2) is 58.2 Å². The summed E-state index contributed by atoms with van der Waals surface area (Å²) in [5, 5.41) is 10.4. The van der Waals surface area contributed by atoms with Gasteiger partial charge in [0.25, 0.3) is 5.22 Å². The minimum absolute atomic E-state index is 0.00810. The molecular formula is C16H14FNO3S. The van der Waals surface area contributed by atoms with Gasteiger partial charge in [-0.25, -0.2) is 9.37 Å². The summed E-state index contributed by atoms with van der Waals surface area (Å²) >= 11 is 1.29. The van der Waals surface area contributed by atoms with Gasteiger partial charge in [0.1, 0.15) is 12.1 Å². The number of rotatable bonds is 6. The molecule has 114 valence electrons. The number of aromatic nitrogens is 1. The van der Waals surface area contributed by atoms with Crippen LogP contribution >= 0.6 is 11.8 Å². The predicted octanol–water partition coefficient (Wildman–Crippen LogP) is 3.50. The minimum atomic E-state index is -0.750. The Balaban J connectivity index is 1.51. The van der Waals surface area contributed by atoms with Crippen molar-refractivity contribution in [1.82, 2.24) is 4.98 Å². The van der Waals surface area contributed by atoms with Gasteiger partial charge in [0.15, 0.2) is 17.1 Å². The lowest BCUT2D eigenvalue weighted by Crippen LogP contribution is -2.20. The van der Waals surface area contributed by atoms with Crippen molar-refractivity contribution < 1.29 is 18.7 Å². The highest BCUT2D eigenvalue weighted by Gasteiger charge is 2.11. The predicted molar refractivity (Wildman–Crippen MR) is 82.6 cm³/mol. The Morgan fingerprint density at radius 1 is 1.18 bits per heavy atom. The molecule has 0 aliphatic rings. The number of fused-ring (bicyclic) bond motifs is 1. The fraction of sp³-hybridized carbons (Fsp3) is 0.188. The molecule has 3 rings (SSSR count). The van der Waals surface area contributed by atoms with E-state index in [-0.39, 0.29) is 12.4 Å². The van der Waals surface area contributed by atoms with Gasteiger partial charge in [0.2, 0.25) is 0 Å². The number of aliphatic hydroxyl groups excluding tert-OH is 1. The maximum Gasteiger partial charge on any atom is 0.256 e. The topological polar surface area (TPSA) is 55.5 Å². The third-order valence-electron chi connectivity index (χ3n) is 2.94. The van der Waals surface area contributed by atoms with Crippen molar-refractivity contribution in [3.8, 4) is 5.75 Å². The van der Waals surface area contributed by atoms with Gasteiger partial charge in [-0.2, -0.15) is 0 Å². The number of halogens is 1. The molecule has 1 atom stereocenters. The molecule has 0 aliphatic carbocycles. The van der Waals surface area contributed by atoms with Crippen LogP contribution in [0, 0.1) is 5.82 Å². The number of hydrogen-bond donors (Lipinski definition) is 1. The average molecular weight is 319 g/mol. The zero-order chi connectivity index (χ0) is 15.4. The molecule has 2 aromatic carbocycles. The molecule has 3 aromatic rings. The fourth-order valence-corrected chi connectivity index (χ4v) is 2.62. The Morgan fingerprint density at radius 2 is 1.95 bits per heavy atom. The van der Waals surface area contributed by atoms with Crippen LogP contribution in [0.5, 0.6) is 5.75 Å². The Kier molecular flexibility index (Phi) is 4.60. The van der Waals surface area contributed by atoms with Gasteiger partial charge in [-0.3, -0.25) is 0 Å². The fourth-order valence-electron chi connectivity index (χ4n) is 1.88. The van der Waals surface area contributed by atoms with Crippen LogP contribution in [0.2, 0.25) is 0 Å². The zero-order valence-corrected chi connectivity index (χ0v) is 12.4. The standard InChI is InChI=1S/C16H14FNO3S/c17-12-5-1-3-7-14(12)20-9-11(19)10-22-16-18-13-6-2-4-8-15(13)21-16/h1-8,11,19H,9-10H2/t11-/m0/s1. The molecular weight excluding hydrogens is 305 g/mol. The van der Waals surface area contributed by atoms with Crippen molar-refractivity contribution in [3.05, 3.63) is 54.3 Å². The number of benzene rings is 2. The summed E-state index contributed by atoms with van der Waals surface area (Å²) in [6, 6.07) is 13.6. The third kappa shape index (κ3) is 3.58. The van der Waals surface area contributed by atoms with Crippen molar-refractivity contribution in [3.63, 3.8) is 0 Å². The Morgan fingerprint density at radius 3 is 2.77 bits per heavy atom. The highest BCUT2D eigenvalue weighted by atomic mass is 32.2. The van der Waals surface area contributed by atoms with Gasteiger partial charge < -0.3 is 14.3 Å². The van der Waals surface area contributed by atoms with Crippen LogP contribution in [0.4, 0.5) is 4.39 Å². The van der Waals surface area contributed by atoms with Gasteiger partial charge in [-0.15, -0.1) is 0 Å². The molecule has 1 N–H and O–H groups in total. The molecule has 0 radical (unpaired) electrons. The van der Waals surface area contributed by atoms with Crippen LogP contribution in [0.25, 0.3) is 11.1 Å². The van der Waals surface area contributed by atoms with Gasteiger partial charge >= 0.3 is 0 Å². The summed E-state index contributed by atoms with van der Waals surface area (Å²) in [6.45, 7) is 0.00810. The van der Waals surface area contributed by atoms with Gasteiger partial charge in [-0.05, 0) is 24.3 Å². The average Bonchev–Trinajstić information content (AvgIpc) is 2.95. The molecule has 0 saturated heterocycles. The van der Waals surface area contributed by atoms with Crippen molar-refractivity contribution in [2.45, 2.75) is 11.3 Å². The van der Waals surface area contributed by atoms with Gasteiger partial charge in [0, 0.05) is 5.75 Å². The Labute approximate surface area is 130 Å². The summed E-state index contributed by atoms with van der Waals surface area (Å²) in [5.41, 5.74) is 1.49. The van der Waals surface area contributed by atoms with E-state index in [4.69, 9.17) is 9.15 Å². The first-order valence-corrected chi connectivity index (χ1v) is 7.75. The van der Waals surface area contributed by atoms with E-state index in [0.29, 0.717) is 16.6 Å². The van der Waals surface area contributed by atoms with Crippen molar-refractivity contribution in [2.75, 3.05) is 12.4 Å². The summed E-state index contributed by atoms with van der Waals surface area (Å²) < 4.78 is 24.2. The highest BCUT2D eigenvalue weighted by molar-refractivity contribution is 7.99. The van der Waals surface area contributed by atoms with E-state index < -0.39 is 11.9 Å². The van der Waals surface area contributed by atoms with Gasteiger partial charge in [-0.1, -0.05) is 36.0 Å². The molecule has 4 nitrogen and oxygen atoms in total. The van der Waals surface area contributed by atoms with Crippen LogP contribution < -0.4 is 4.74 Å².